The molecule has 2 aromatic rings. The van der Waals surface area contributed by atoms with E-state index in [1.807, 2.05) is 6.92 Å². The lowest BCUT2D eigenvalue weighted by Gasteiger charge is -2.20. The number of carbonyl (C=O) groups excluding carboxylic acids is 1. The van der Waals surface area contributed by atoms with E-state index in [2.05, 4.69) is 25.3 Å². The molecule has 0 spiro atoms. The maximum absolute atomic E-state index is 13.6. The Morgan fingerprint density at radius 3 is 2.20 bits per heavy atom. The Balaban J connectivity index is 2.64. The summed E-state index contributed by atoms with van der Waals surface area (Å²) in [5, 5.41) is 0. The molecule has 0 saturated carbocycles. The smallest absolute Gasteiger partial charge is 0.366 e. The normalized spacial score (nSPS) is 12.2. The van der Waals surface area contributed by atoms with Gasteiger partial charge in [0.05, 0.1) is 15.2 Å². The number of benzene rings is 2. The Hall–Kier alpha value is -1.60. The Labute approximate surface area is 155 Å². The van der Waals surface area contributed by atoms with Crippen molar-refractivity contribution in [3.8, 4) is 11.1 Å². The Bertz CT molecular complexity index is 783. The van der Waals surface area contributed by atoms with E-state index < -0.39 is 27.3 Å². The van der Waals surface area contributed by atoms with Crippen LogP contribution in [0.1, 0.15) is 34.8 Å². The monoisotopic (exact) mass is 385 g/mol. The van der Waals surface area contributed by atoms with E-state index in [1.54, 1.807) is 24.3 Å². The number of amides is 1. The van der Waals surface area contributed by atoms with E-state index >= 15 is 0 Å². The number of thiol groups is 2. The third kappa shape index (κ3) is 4.95. The number of hydrogen-bond donors (Lipinski definition) is 3. The Morgan fingerprint density at radius 2 is 1.64 bits per heavy atom. The second kappa shape index (κ2) is 7.33. The molecule has 25 heavy (non-hydrogen) atoms. The molecule has 134 valence electrons. The molecule has 0 fully saturated rings. The van der Waals surface area contributed by atoms with Crippen molar-refractivity contribution in [2.24, 2.45) is 5.73 Å². The van der Waals surface area contributed by atoms with Crippen LogP contribution in [0, 0.1) is 0 Å². The Kier molecular flexibility index (Phi) is 5.79. The first-order valence-corrected chi connectivity index (χ1v) is 8.43. The van der Waals surface area contributed by atoms with Crippen molar-refractivity contribution in [1.29, 1.82) is 0 Å². The zero-order valence-corrected chi connectivity index (χ0v) is 15.3. The summed E-state index contributed by atoms with van der Waals surface area (Å²) in [5.74, 6) is -1.11. The van der Waals surface area contributed by atoms with Crippen molar-refractivity contribution in [1.82, 2.24) is 0 Å². The fraction of sp³-hybridized carbons (Fsp3) is 0.278. The summed E-state index contributed by atoms with van der Waals surface area (Å²) in [5.41, 5.74) is 4.70. The lowest BCUT2D eigenvalue weighted by atomic mass is 9.90. The summed E-state index contributed by atoms with van der Waals surface area (Å²) in [6.45, 7) is 1.82. The molecule has 2 nitrogen and oxygen atoms in total. The fourth-order valence-corrected chi connectivity index (χ4v) is 2.88. The Morgan fingerprint density at radius 1 is 1.04 bits per heavy atom. The predicted octanol–water partition coefficient (Wildman–Crippen LogP) is 4.98. The van der Waals surface area contributed by atoms with E-state index in [1.165, 1.54) is 12.1 Å². The highest BCUT2D eigenvalue weighted by Gasteiger charge is 2.38. The molecular weight excluding hydrogens is 367 g/mol. The minimum Gasteiger partial charge on any atom is -0.366 e. The molecule has 0 bridgehead atoms. The highest BCUT2D eigenvalue weighted by atomic mass is 32.2. The van der Waals surface area contributed by atoms with Crippen molar-refractivity contribution in [2.45, 2.75) is 30.0 Å². The first-order chi connectivity index (χ1) is 11.5. The number of halogens is 3. The molecule has 0 unspecified atom stereocenters. The van der Waals surface area contributed by atoms with Crippen molar-refractivity contribution >= 4 is 31.2 Å². The van der Waals surface area contributed by atoms with E-state index in [0.29, 0.717) is 18.4 Å². The summed E-state index contributed by atoms with van der Waals surface area (Å²) >= 11 is 8.68. The van der Waals surface area contributed by atoms with Gasteiger partial charge in [0.15, 0.2) is 0 Å². The lowest BCUT2D eigenvalue weighted by Crippen LogP contribution is -2.20. The van der Waals surface area contributed by atoms with E-state index in [-0.39, 0.29) is 5.56 Å². The molecule has 2 rings (SSSR count). The lowest BCUT2D eigenvalue weighted by molar-refractivity contribution is -0.137. The molecule has 0 aliphatic rings. The van der Waals surface area contributed by atoms with Gasteiger partial charge in [0.25, 0.3) is 0 Å². The van der Waals surface area contributed by atoms with Crippen LogP contribution >= 0.6 is 25.3 Å². The van der Waals surface area contributed by atoms with Gasteiger partial charge < -0.3 is 5.73 Å². The van der Waals surface area contributed by atoms with Gasteiger partial charge in [0, 0.05) is 0 Å². The van der Waals surface area contributed by atoms with Gasteiger partial charge >= 0.3 is 6.18 Å². The van der Waals surface area contributed by atoms with E-state index in [4.69, 9.17) is 5.73 Å². The number of alkyl halides is 3. The van der Waals surface area contributed by atoms with Crippen molar-refractivity contribution in [3.63, 3.8) is 0 Å². The van der Waals surface area contributed by atoms with Crippen LogP contribution in [0.4, 0.5) is 13.2 Å². The zero-order valence-electron chi connectivity index (χ0n) is 13.5. The molecule has 2 aromatic carbocycles. The van der Waals surface area contributed by atoms with Gasteiger partial charge in [-0.3, -0.25) is 4.79 Å². The molecule has 0 aliphatic heterocycles. The van der Waals surface area contributed by atoms with Crippen LogP contribution < -0.4 is 5.73 Å². The van der Waals surface area contributed by atoms with Gasteiger partial charge in [-0.1, -0.05) is 36.4 Å². The third-order valence-corrected chi connectivity index (χ3v) is 4.24. The first-order valence-electron chi connectivity index (χ1n) is 7.54. The average Bonchev–Trinajstić information content (AvgIpc) is 2.51. The number of nitrogens with two attached hydrogens (primary N) is 1. The first kappa shape index (κ1) is 19.7. The summed E-state index contributed by atoms with van der Waals surface area (Å²) in [7, 11) is 0. The molecule has 0 atom stereocenters. The van der Waals surface area contributed by atoms with Gasteiger partial charge in [-0.15, -0.1) is 0 Å². The van der Waals surface area contributed by atoms with Crippen LogP contribution in [0.15, 0.2) is 42.5 Å². The minimum absolute atomic E-state index is 0.0561. The van der Waals surface area contributed by atoms with Crippen LogP contribution in [0.5, 0.6) is 0 Å². The van der Waals surface area contributed by atoms with Crippen LogP contribution in [-0.4, -0.2) is 9.99 Å². The molecule has 0 aliphatic carbocycles. The fourth-order valence-electron chi connectivity index (χ4n) is 2.66. The number of aryl methyl sites for hydroxylation is 1. The predicted molar refractivity (Wildman–Crippen MR) is 100 cm³/mol. The molecule has 1 amide bonds. The van der Waals surface area contributed by atoms with Gasteiger partial charge in [0.1, 0.15) is 0 Å². The van der Waals surface area contributed by atoms with E-state index in [0.717, 1.165) is 11.6 Å². The number of hydrogen-bond acceptors (Lipinski definition) is 3. The highest BCUT2D eigenvalue weighted by Crippen LogP contribution is 2.41. The second-order valence-corrected chi connectivity index (χ2v) is 8.29. The van der Waals surface area contributed by atoms with Crippen LogP contribution in [0.3, 0.4) is 0 Å². The van der Waals surface area contributed by atoms with Gasteiger partial charge in [-0.05, 0) is 42.5 Å². The summed E-state index contributed by atoms with van der Waals surface area (Å²) < 4.78 is 40.3. The number of primary amides is 1. The van der Waals surface area contributed by atoms with Gasteiger partial charge in [0.2, 0.25) is 5.91 Å². The summed E-state index contributed by atoms with van der Waals surface area (Å²) in [6, 6.07) is 10.7. The minimum atomic E-state index is -4.70. The quantitative estimate of drug-likeness (QED) is 0.493. The van der Waals surface area contributed by atoms with Crippen molar-refractivity contribution in [2.75, 3.05) is 0 Å². The molecule has 0 radical (unpaired) electrons. The second-order valence-electron chi connectivity index (χ2n) is 5.96. The molecular formula is C18H18F3NOS2. The number of carbonyl (C=O) groups is 1. The average molecular weight is 385 g/mol. The highest BCUT2D eigenvalue weighted by molar-refractivity contribution is 8.00. The van der Waals surface area contributed by atoms with Crippen LogP contribution in [-0.2, 0) is 12.6 Å². The zero-order chi connectivity index (χ0) is 18.8. The molecule has 0 heterocycles. The van der Waals surface area contributed by atoms with Crippen molar-refractivity contribution < 1.29 is 18.0 Å². The summed E-state index contributed by atoms with van der Waals surface area (Å²) in [4.78, 5) is 11.5. The molecule has 7 heteroatoms. The van der Waals surface area contributed by atoms with Gasteiger partial charge in [-0.2, -0.15) is 38.4 Å². The largest absolute Gasteiger partial charge is 0.417 e. The van der Waals surface area contributed by atoms with Crippen molar-refractivity contribution in [3.05, 3.63) is 59.2 Å². The topological polar surface area (TPSA) is 43.1 Å². The molecule has 0 aromatic heterocycles. The van der Waals surface area contributed by atoms with Crippen LogP contribution in [0.25, 0.3) is 11.1 Å². The third-order valence-electron chi connectivity index (χ3n) is 3.79. The SMILES string of the molecule is CC(S)(S)CCc1ccccc1-c1cccc(C(N)=O)c1C(F)(F)F. The summed E-state index contributed by atoms with van der Waals surface area (Å²) in [6.07, 6.45) is -3.64. The maximum atomic E-state index is 13.6. The number of rotatable bonds is 5. The van der Waals surface area contributed by atoms with Gasteiger partial charge in [-0.25, -0.2) is 0 Å². The molecule has 0 saturated heterocycles. The van der Waals surface area contributed by atoms with Crippen LogP contribution in [0.2, 0.25) is 0 Å². The van der Waals surface area contributed by atoms with E-state index in [9.17, 15) is 18.0 Å². The molecule has 2 N–H and O–H groups in total. The maximum Gasteiger partial charge on any atom is 0.417 e. The standard InChI is InChI=1S/C18H18F3NOS2/c1-17(24,25)10-9-11-5-2-3-6-12(11)13-7-4-8-14(16(22)23)15(13)18(19,20)21/h2-8,24-25H,9-10H2,1H3,(H2,22,23).